The number of urea groups is 1. The van der Waals surface area contributed by atoms with E-state index in [1.54, 1.807) is 4.90 Å². The van der Waals surface area contributed by atoms with Gasteiger partial charge in [-0.25, -0.2) is 4.79 Å². The molecule has 0 spiro atoms. The minimum atomic E-state index is 0.0127. The highest BCUT2D eigenvalue weighted by Crippen LogP contribution is 2.23. The van der Waals surface area contributed by atoms with Crippen LogP contribution in [0.1, 0.15) is 30.1 Å². The van der Waals surface area contributed by atoms with Gasteiger partial charge in [-0.3, -0.25) is 4.79 Å². The fourth-order valence-corrected chi connectivity index (χ4v) is 4.35. The molecular formula is C24H29N3O2. The van der Waals surface area contributed by atoms with Gasteiger partial charge < -0.3 is 14.7 Å². The summed E-state index contributed by atoms with van der Waals surface area (Å²) in [7, 11) is 1.85. The standard InChI is InChI=1S/C24H29N3O2/c1-18-12-14-26(16-18)24(29)27-15-13-22(17-27)25(2)23(28)21-10-8-20(9-11-21)19-6-4-3-5-7-19/h3-11,18,22H,12-17H2,1-2H3/t18?,22-/m0/s1. The molecule has 5 nitrogen and oxygen atoms in total. The number of amides is 3. The molecule has 0 aliphatic carbocycles. The molecule has 2 saturated heterocycles. The Hall–Kier alpha value is -2.82. The quantitative estimate of drug-likeness (QED) is 0.795. The van der Waals surface area contributed by atoms with Gasteiger partial charge in [-0.05, 0) is 42.0 Å². The average molecular weight is 392 g/mol. The maximum Gasteiger partial charge on any atom is 0.320 e. The molecule has 2 aliphatic heterocycles. The van der Waals surface area contributed by atoms with Crippen LogP contribution in [0, 0.1) is 5.92 Å². The summed E-state index contributed by atoms with van der Waals surface area (Å²) in [5.74, 6) is 0.596. The zero-order valence-electron chi connectivity index (χ0n) is 17.3. The third-order valence-electron chi connectivity index (χ3n) is 6.24. The predicted octanol–water partition coefficient (Wildman–Crippen LogP) is 3.96. The van der Waals surface area contributed by atoms with E-state index in [0.717, 1.165) is 43.6 Å². The Morgan fingerprint density at radius 2 is 1.48 bits per heavy atom. The van der Waals surface area contributed by atoms with Gasteiger partial charge in [0, 0.05) is 38.8 Å². The molecule has 2 aliphatic rings. The van der Waals surface area contributed by atoms with Crippen molar-refractivity contribution in [3.8, 4) is 11.1 Å². The molecule has 0 N–H and O–H groups in total. The van der Waals surface area contributed by atoms with Crippen molar-refractivity contribution in [3.05, 3.63) is 60.2 Å². The Bertz CT molecular complexity index is 865. The summed E-state index contributed by atoms with van der Waals surface area (Å²) < 4.78 is 0. The number of nitrogens with zero attached hydrogens (tertiary/aromatic N) is 3. The maximum atomic E-state index is 13.0. The zero-order chi connectivity index (χ0) is 20.4. The fraction of sp³-hybridized carbons (Fsp3) is 0.417. The molecule has 0 radical (unpaired) electrons. The van der Waals surface area contributed by atoms with Gasteiger partial charge in [-0.2, -0.15) is 0 Å². The van der Waals surface area contributed by atoms with E-state index in [4.69, 9.17) is 0 Å². The molecule has 0 saturated carbocycles. The van der Waals surface area contributed by atoms with Crippen molar-refractivity contribution in [1.29, 1.82) is 0 Å². The first-order chi connectivity index (χ1) is 14.0. The molecule has 2 fully saturated rings. The average Bonchev–Trinajstić information content (AvgIpc) is 3.42. The van der Waals surface area contributed by atoms with Crippen molar-refractivity contribution in [2.75, 3.05) is 33.2 Å². The molecule has 2 aromatic carbocycles. The lowest BCUT2D eigenvalue weighted by molar-refractivity contribution is 0.0735. The Morgan fingerprint density at radius 1 is 0.862 bits per heavy atom. The number of carbonyl (C=O) groups excluding carboxylic acids is 2. The number of hydrogen-bond acceptors (Lipinski definition) is 2. The summed E-state index contributed by atoms with van der Waals surface area (Å²) in [5, 5.41) is 0. The number of carbonyl (C=O) groups is 2. The smallest absolute Gasteiger partial charge is 0.320 e. The van der Waals surface area contributed by atoms with Crippen LogP contribution in [-0.4, -0.2) is 65.9 Å². The van der Waals surface area contributed by atoms with Crippen molar-refractivity contribution in [2.45, 2.75) is 25.8 Å². The van der Waals surface area contributed by atoms with E-state index in [2.05, 4.69) is 19.1 Å². The Morgan fingerprint density at radius 3 is 2.14 bits per heavy atom. The number of rotatable bonds is 3. The van der Waals surface area contributed by atoms with Crippen LogP contribution in [0.4, 0.5) is 4.79 Å². The van der Waals surface area contributed by atoms with Crippen molar-refractivity contribution >= 4 is 11.9 Å². The van der Waals surface area contributed by atoms with E-state index in [9.17, 15) is 9.59 Å². The summed E-state index contributed by atoms with van der Waals surface area (Å²) in [4.78, 5) is 31.4. The Balaban J connectivity index is 1.37. The van der Waals surface area contributed by atoms with Crippen LogP contribution >= 0.6 is 0 Å². The van der Waals surface area contributed by atoms with E-state index < -0.39 is 0 Å². The molecule has 5 heteroatoms. The van der Waals surface area contributed by atoms with Gasteiger partial charge in [-0.1, -0.05) is 49.4 Å². The molecule has 3 amide bonds. The van der Waals surface area contributed by atoms with E-state index in [1.165, 1.54) is 0 Å². The van der Waals surface area contributed by atoms with Crippen molar-refractivity contribution in [1.82, 2.24) is 14.7 Å². The Kier molecular flexibility index (Phi) is 5.56. The van der Waals surface area contributed by atoms with Crippen LogP contribution in [0.15, 0.2) is 54.6 Å². The number of benzene rings is 2. The first-order valence-electron chi connectivity index (χ1n) is 10.5. The Labute approximate surface area is 172 Å². The van der Waals surface area contributed by atoms with Gasteiger partial charge in [0.2, 0.25) is 0 Å². The van der Waals surface area contributed by atoms with Gasteiger partial charge >= 0.3 is 6.03 Å². The minimum absolute atomic E-state index is 0.0127. The second-order valence-electron chi connectivity index (χ2n) is 8.37. The van der Waals surface area contributed by atoms with E-state index in [-0.39, 0.29) is 18.0 Å². The van der Waals surface area contributed by atoms with Crippen LogP contribution in [0.5, 0.6) is 0 Å². The highest BCUT2D eigenvalue weighted by Gasteiger charge is 2.34. The second kappa shape index (κ2) is 8.27. The molecule has 2 aromatic rings. The number of hydrogen-bond donors (Lipinski definition) is 0. The zero-order valence-corrected chi connectivity index (χ0v) is 17.3. The van der Waals surface area contributed by atoms with E-state index >= 15 is 0 Å². The SMILES string of the molecule is CC1CCN(C(=O)N2CC[C@H](N(C)C(=O)c3ccc(-c4ccccc4)cc3)C2)C1. The van der Waals surface area contributed by atoms with E-state index in [0.29, 0.717) is 18.0 Å². The molecule has 0 bridgehead atoms. The lowest BCUT2D eigenvalue weighted by atomic mass is 10.0. The van der Waals surface area contributed by atoms with Gasteiger partial charge in [0.1, 0.15) is 0 Å². The summed E-state index contributed by atoms with van der Waals surface area (Å²) in [6.45, 7) is 5.23. The topological polar surface area (TPSA) is 43.9 Å². The van der Waals surface area contributed by atoms with E-state index in [1.807, 2.05) is 59.3 Å². The van der Waals surface area contributed by atoms with Gasteiger partial charge in [-0.15, -0.1) is 0 Å². The summed E-state index contributed by atoms with van der Waals surface area (Å²) in [6.07, 6.45) is 1.92. The first kappa shape index (κ1) is 19.5. The largest absolute Gasteiger partial charge is 0.337 e. The molecule has 152 valence electrons. The minimum Gasteiger partial charge on any atom is -0.337 e. The molecule has 29 heavy (non-hydrogen) atoms. The fourth-order valence-electron chi connectivity index (χ4n) is 4.35. The summed E-state index contributed by atoms with van der Waals surface area (Å²) >= 11 is 0. The molecule has 2 heterocycles. The molecule has 1 unspecified atom stereocenters. The monoisotopic (exact) mass is 391 g/mol. The second-order valence-corrected chi connectivity index (χ2v) is 8.37. The molecule has 2 atom stereocenters. The summed E-state index contributed by atoms with van der Waals surface area (Å²) in [6, 6.07) is 18.1. The van der Waals surface area contributed by atoms with Gasteiger partial charge in [0.15, 0.2) is 0 Å². The number of likely N-dealkylation sites (N-methyl/N-ethyl adjacent to an activating group) is 1. The molecular weight excluding hydrogens is 362 g/mol. The maximum absolute atomic E-state index is 13.0. The van der Waals surface area contributed by atoms with Crippen LogP contribution in [0.2, 0.25) is 0 Å². The van der Waals surface area contributed by atoms with Crippen LogP contribution in [-0.2, 0) is 0 Å². The number of likely N-dealkylation sites (tertiary alicyclic amines) is 2. The first-order valence-corrected chi connectivity index (χ1v) is 10.5. The molecule has 4 rings (SSSR count). The van der Waals surface area contributed by atoms with Crippen molar-refractivity contribution < 1.29 is 9.59 Å². The summed E-state index contributed by atoms with van der Waals surface area (Å²) in [5.41, 5.74) is 2.92. The highest BCUT2D eigenvalue weighted by molar-refractivity contribution is 5.94. The molecule has 0 aromatic heterocycles. The highest BCUT2D eigenvalue weighted by atomic mass is 16.2. The third-order valence-corrected chi connectivity index (χ3v) is 6.24. The van der Waals surface area contributed by atoms with Crippen LogP contribution in [0.25, 0.3) is 11.1 Å². The normalized spacial score (nSPS) is 21.4. The van der Waals surface area contributed by atoms with Gasteiger partial charge in [0.25, 0.3) is 5.91 Å². The van der Waals surface area contributed by atoms with Crippen molar-refractivity contribution in [2.24, 2.45) is 5.92 Å². The lowest BCUT2D eigenvalue weighted by Crippen LogP contribution is -2.44. The van der Waals surface area contributed by atoms with Gasteiger partial charge in [0.05, 0.1) is 6.04 Å². The van der Waals surface area contributed by atoms with Crippen LogP contribution < -0.4 is 0 Å². The third kappa shape index (κ3) is 4.14. The lowest BCUT2D eigenvalue weighted by Gasteiger charge is -2.27. The predicted molar refractivity (Wildman–Crippen MR) is 115 cm³/mol. The van der Waals surface area contributed by atoms with Crippen molar-refractivity contribution in [3.63, 3.8) is 0 Å². The van der Waals surface area contributed by atoms with Crippen LogP contribution in [0.3, 0.4) is 0 Å².